The third-order valence-electron chi connectivity index (χ3n) is 4.02. The van der Waals surface area contributed by atoms with Gasteiger partial charge in [0.25, 0.3) is 17.7 Å². The Kier molecular flexibility index (Phi) is 4.11. The van der Waals surface area contributed by atoms with Gasteiger partial charge in [-0.15, -0.1) is 0 Å². The van der Waals surface area contributed by atoms with Gasteiger partial charge in [0.05, 0.1) is 11.1 Å². The van der Waals surface area contributed by atoms with E-state index in [4.69, 9.17) is 11.6 Å². The van der Waals surface area contributed by atoms with Crippen LogP contribution in [0.4, 0.5) is 0 Å². The standard InChI is InChI=1S/C18H15ClN2O3/c1-20(10-11-3-6-13(19)7-4-11)16(22)12-5-8-14-15(9-12)18(24)21(2)17(14)23/h3-9H,10H2,1-2H3. The van der Waals surface area contributed by atoms with E-state index in [0.29, 0.717) is 22.7 Å². The molecule has 2 aromatic rings. The third-order valence-corrected chi connectivity index (χ3v) is 4.27. The van der Waals surface area contributed by atoms with Crippen molar-refractivity contribution in [1.29, 1.82) is 0 Å². The van der Waals surface area contributed by atoms with Crippen molar-refractivity contribution in [3.05, 3.63) is 69.7 Å². The van der Waals surface area contributed by atoms with Crippen LogP contribution in [0.1, 0.15) is 36.6 Å². The molecule has 0 aliphatic carbocycles. The van der Waals surface area contributed by atoms with Crippen molar-refractivity contribution < 1.29 is 14.4 Å². The summed E-state index contributed by atoms with van der Waals surface area (Å²) in [6, 6.07) is 11.8. The minimum Gasteiger partial charge on any atom is -0.337 e. The van der Waals surface area contributed by atoms with Gasteiger partial charge in [-0.3, -0.25) is 19.3 Å². The average molecular weight is 343 g/mol. The molecule has 0 spiro atoms. The Morgan fingerprint density at radius 3 is 2.33 bits per heavy atom. The number of halogens is 1. The molecule has 0 saturated carbocycles. The Labute approximate surface area is 144 Å². The Morgan fingerprint density at radius 1 is 1.04 bits per heavy atom. The Bertz CT molecular complexity index is 846. The summed E-state index contributed by atoms with van der Waals surface area (Å²) in [6.45, 7) is 0.417. The summed E-state index contributed by atoms with van der Waals surface area (Å²) >= 11 is 5.85. The molecule has 1 aliphatic heterocycles. The van der Waals surface area contributed by atoms with Crippen molar-refractivity contribution in [3.8, 4) is 0 Å². The highest BCUT2D eigenvalue weighted by atomic mass is 35.5. The summed E-state index contributed by atoms with van der Waals surface area (Å²) in [5.41, 5.74) is 1.93. The molecule has 0 saturated heterocycles. The van der Waals surface area contributed by atoms with E-state index in [1.54, 1.807) is 30.1 Å². The predicted molar refractivity (Wildman–Crippen MR) is 90.1 cm³/mol. The first-order valence-corrected chi connectivity index (χ1v) is 7.72. The second kappa shape index (κ2) is 6.09. The van der Waals surface area contributed by atoms with Gasteiger partial charge >= 0.3 is 0 Å². The number of carbonyl (C=O) groups is 3. The number of carbonyl (C=O) groups excluding carboxylic acids is 3. The number of amides is 3. The fourth-order valence-electron chi connectivity index (χ4n) is 2.65. The molecule has 6 heteroatoms. The quantitative estimate of drug-likeness (QED) is 0.806. The smallest absolute Gasteiger partial charge is 0.261 e. The second-order valence-corrected chi connectivity index (χ2v) is 6.15. The van der Waals surface area contributed by atoms with Crippen molar-refractivity contribution >= 4 is 29.3 Å². The van der Waals surface area contributed by atoms with Crippen molar-refractivity contribution in [2.45, 2.75) is 6.54 Å². The lowest BCUT2D eigenvalue weighted by Crippen LogP contribution is -2.26. The number of benzene rings is 2. The first kappa shape index (κ1) is 16.2. The lowest BCUT2D eigenvalue weighted by molar-refractivity contribution is 0.0692. The SMILES string of the molecule is CN(Cc1ccc(Cl)cc1)C(=O)c1ccc2c(c1)C(=O)N(C)C2=O. The largest absolute Gasteiger partial charge is 0.337 e. The summed E-state index contributed by atoms with van der Waals surface area (Å²) in [7, 11) is 3.11. The van der Waals surface area contributed by atoms with Gasteiger partial charge < -0.3 is 4.90 Å². The van der Waals surface area contributed by atoms with Gasteiger partial charge in [-0.25, -0.2) is 0 Å². The summed E-state index contributed by atoms with van der Waals surface area (Å²) in [5, 5.41) is 0.638. The maximum Gasteiger partial charge on any atom is 0.261 e. The number of imide groups is 1. The molecule has 24 heavy (non-hydrogen) atoms. The fourth-order valence-corrected chi connectivity index (χ4v) is 2.78. The van der Waals surface area contributed by atoms with Crippen molar-refractivity contribution in [1.82, 2.24) is 9.80 Å². The molecule has 1 heterocycles. The highest BCUT2D eigenvalue weighted by Crippen LogP contribution is 2.23. The fraction of sp³-hybridized carbons (Fsp3) is 0.167. The Hall–Kier alpha value is -2.66. The number of hydrogen-bond acceptors (Lipinski definition) is 3. The molecule has 2 aromatic carbocycles. The van der Waals surface area contributed by atoms with Gasteiger partial charge in [-0.05, 0) is 35.9 Å². The van der Waals surface area contributed by atoms with Crippen LogP contribution in [0.25, 0.3) is 0 Å². The van der Waals surface area contributed by atoms with Crippen LogP contribution in [0.2, 0.25) is 5.02 Å². The van der Waals surface area contributed by atoms with Crippen LogP contribution in [-0.2, 0) is 6.54 Å². The summed E-state index contributed by atoms with van der Waals surface area (Å²) in [4.78, 5) is 39.1. The van der Waals surface area contributed by atoms with Gasteiger partial charge in [-0.1, -0.05) is 23.7 Å². The van der Waals surface area contributed by atoms with Crippen LogP contribution in [0.3, 0.4) is 0 Å². The van der Waals surface area contributed by atoms with Crippen LogP contribution < -0.4 is 0 Å². The first-order valence-electron chi connectivity index (χ1n) is 7.35. The van der Waals surface area contributed by atoms with Crippen LogP contribution in [-0.4, -0.2) is 41.6 Å². The molecular formula is C18H15ClN2O3. The van der Waals surface area contributed by atoms with E-state index in [1.807, 2.05) is 12.1 Å². The highest BCUT2D eigenvalue weighted by molar-refractivity contribution is 6.30. The lowest BCUT2D eigenvalue weighted by atomic mass is 10.0. The van der Waals surface area contributed by atoms with Crippen LogP contribution >= 0.6 is 11.6 Å². The van der Waals surface area contributed by atoms with Gasteiger partial charge in [-0.2, -0.15) is 0 Å². The van der Waals surface area contributed by atoms with E-state index in [2.05, 4.69) is 0 Å². The zero-order valence-corrected chi connectivity index (χ0v) is 14.0. The van der Waals surface area contributed by atoms with Crippen LogP contribution in [0.15, 0.2) is 42.5 Å². The zero-order chi connectivity index (χ0) is 17.4. The Balaban J connectivity index is 1.82. The molecule has 0 fully saturated rings. The normalized spacial score (nSPS) is 13.2. The molecule has 0 aromatic heterocycles. The molecule has 0 N–H and O–H groups in total. The minimum absolute atomic E-state index is 0.220. The molecule has 0 unspecified atom stereocenters. The van der Waals surface area contributed by atoms with Gasteiger partial charge in [0.1, 0.15) is 0 Å². The molecule has 3 amide bonds. The molecule has 1 aliphatic rings. The highest BCUT2D eigenvalue weighted by Gasteiger charge is 2.33. The minimum atomic E-state index is -0.384. The van der Waals surface area contributed by atoms with Crippen molar-refractivity contribution in [2.75, 3.05) is 14.1 Å². The zero-order valence-electron chi connectivity index (χ0n) is 13.2. The summed E-state index contributed by atoms with van der Waals surface area (Å²) in [5.74, 6) is -0.948. The summed E-state index contributed by atoms with van der Waals surface area (Å²) < 4.78 is 0. The van der Waals surface area contributed by atoms with E-state index in [0.717, 1.165) is 10.5 Å². The molecule has 3 rings (SSSR count). The van der Waals surface area contributed by atoms with E-state index >= 15 is 0 Å². The molecule has 122 valence electrons. The Morgan fingerprint density at radius 2 is 1.67 bits per heavy atom. The van der Waals surface area contributed by atoms with E-state index < -0.39 is 0 Å². The van der Waals surface area contributed by atoms with E-state index in [-0.39, 0.29) is 23.3 Å². The number of hydrogen-bond donors (Lipinski definition) is 0. The predicted octanol–water partition coefficient (Wildman–Crippen LogP) is 2.84. The average Bonchev–Trinajstić information content (AvgIpc) is 2.80. The number of fused-ring (bicyclic) bond motifs is 1. The van der Waals surface area contributed by atoms with Gasteiger partial charge in [0.15, 0.2) is 0 Å². The van der Waals surface area contributed by atoms with E-state index in [1.165, 1.54) is 19.2 Å². The third kappa shape index (κ3) is 2.78. The second-order valence-electron chi connectivity index (χ2n) is 5.72. The maximum atomic E-state index is 12.6. The van der Waals surface area contributed by atoms with Crippen molar-refractivity contribution in [3.63, 3.8) is 0 Å². The molecule has 0 bridgehead atoms. The van der Waals surface area contributed by atoms with Crippen LogP contribution in [0, 0.1) is 0 Å². The monoisotopic (exact) mass is 342 g/mol. The van der Waals surface area contributed by atoms with Crippen molar-refractivity contribution in [2.24, 2.45) is 0 Å². The van der Waals surface area contributed by atoms with Gasteiger partial charge in [0.2, 0.25) is 0 Å². The van der Waals surface area contributed by atoms with E-state index in [9.17, 15) is 14.4 Å². The van der Waals surface area contributed by atoms with Gasteiger partial charge in [0, 0.05) is 31.2 Å². The maximum absolute atomic E-state index is 12.6. The lowest BCUT2D eigenvalue weighted by Gasteiger charge is -2.17. The number of nitrogens with zero attached hydrogens (tertiary/aromatic N) is 2. The number of rotatable bonds is 3. The topological polar surface area (TPSA) is 57.7 Å². The first-order chi connectivity index (χ1) is 11.4. The molecule has 0 atom stereocenters. The molecular weight excluding hydrogens is 328 g/mol. The van der Waals surface area contributed by atoms with Crippen LogP contribution in [0.5, 0.6) is 0 Å². The summed E-state index contributed by atoms with van der Waals surface area (Å²) in [6.07, 6.45) is 0. The molecule has 0 radical (unpaired) electrons. The molecule has 5 nitrogen and oxygen atoms in total.